The van der Waals surface area contributed by atoms with Crippen molar-refractivity contribution in [2.75, 3.05) is 5.32 Å². The number of hydrogen-bond acceptors (Lipinski definition) is 4. The Morgan fingerprint density at radius 1 is 1.30 bits per heavy atom. The van der Waals surface area contributed by atoms with Crippen LogP contribution in [0.3, 0.4) is 0 Å². The van der Waals surface area contributed by atoms with Crippen molar-refractivity contribution in [3.63, 3.8) is 0 Å². The van der Waals surface area contributed by atoms with Crippen molar-refractivity contribution in [1.29, 1.82) is 0 Å². The molecule has 3 rings (SSSR count). The molecule has 0 radical (unpaired) electrons. The molecule has 1 amide bonds. The van der Waals surface area contributed by atoms with E-state index in [1.54, 1.807) is 12.1 Å². The lowest BCUT2D eigenvalue weighted by atomic mass is 10.0. The van der Waals surface area contributed by atoms with Crippen LogP contribution in [0.1, 0.15) is 12.0 Å². The zero-order valence-corrected chi connectivity index (χ0v) is 13.1. The van der Waals surface area contributed by atoms with Gasteiger partial charge in [0.25, 0.3) is 5.91 Å². The Kier molecular flexibility index (Phi) is 4.45. The molecule has 1 aromatic carbocycles. The Balaban J connectivity index is 1.65. The summed E-state index contributed by atoms with van der Waals surface area (Å²) in [6.45, 7) is 0. The first-order valence-electron chi connectivity index (χ1n) is 6.63. The standard InChI is InChI=1S/C15H10Cl2FN3O2/c16-9-5-11(17)14(19-7-9)20-15(22)13-6-12(21-23-13)8-1-3-10(18)4-2-8/h1-5,7,13H,6H2,(H,19,20,22). The second-order valence-corrected chi connectivity index (χ2v) is 5.66. The van der Waals surface area contributed by atoms with Gasteiger partial charge >= 0.3 is 0 Å². The van der Waals surface area contributed by atoms with E-state index in [0.29, 0.717) is 16.3 Å². The number of carbonyl (C=O) groups is 1. The number of carbonyl (C=O) groups excluding carboxylic acids is 1. The van der Waals surface area contributed by atoms with E-state index in [1.165, 1.54) is 24.4 Å². The summed E-state index contributed by atoms with van der Waals surface area (Å²) in [5.41, 5.74) is 1.27. The van der Waals surface area contributed by atoms with Crippen LogP contribution in [-0.2, 0) is 9.63 Å². The fourth-order valence-corrected chi connectivity index (χ4v) is 2.46. The molecule has 0 aliphatic carbocycles. The highest BCUT2D eigenvalue weighted by Crippen LogP contribution is 2.24. The van der Waals surface area contributed by atoms with E-state index in [4.69, 9.17) is 28.0 Å². The molecule has 1 aliphatic heterocycles. The third-order valence-corrected chi connectivity index (χ3v) is 3.68. The van der Waals surface area contributed by atoms with Gasteiger partial charge in [-0.25, -0.2) is 9.37 Å². The summed E-state index contributed by atoms with van der Waals surface area (Å²) in [6, 6.07) is 7.28. The van der Waals surface area contributed by atoms with Gasteiger partial charge in [0, 0.05) is 12.6 Å². The summed E-state index contributed by atoms with van der Waals surface area (Å²) in [5.74, 6) is -0.575. The highest BCUT2D eigenvalue weighted by Gasteiger charge is 2.29. The molecule has 118 valence electrons. The van der Waals surface area contributed by atoms with Gasteiger partial charge in [-0.05, 0) is 23.8 Å². The Bertz CT molecular complexity index is 781. The predicted molar refractivity (Wildman–Crippen MR) is 85.3 cm³/mol. The number of pyridine rings is 1. The summed E-state index contributed by atoms with van der Waals surface area (Å²) >= 11 is 11.7. The van der Waals surface area contributed by atoms with Gasteiger partial charge in [0.2, 0.25) is 6.10 Å². The van der Waals surface area contributed by atoms with Crippen molar-refractivity contribution in [3.8, 4) is 0 Å². The molecule has 0 spiro atoms. The summed E-state index contributed by atoms with van der Waals surface area (Å²) in [7, 11) is 0. The summed E-state index contributed by atoms with van der Waals surface area (Å²) in [4.78, 5) is 21.3. The Morgan fingerprint density at radius 2 is 2.04 bits per heavy atom. The zero-order valence-electron chi connectivity index (χ0n) is 11.6. The van der Waals surface area contributed by atoms with Crippen molar-refractivity contribution in [2.24, 2.45) is 5.16 Å². The molecule has 5 nitrogen and oxygen atoms in total. The maximum atomic E-state index is 12.9. The van der Waals surface area contributed by atoms with Crippen LogP contribution in [0.25, 0.3) is 0 Å². The molecule has 1 aliphatic rings. The van der Waals surface area contributed by atoms with E-state index in [2.05, 4.69) is 15.5 Å². The largest absolute Gasteiger partial charge is 0.382 e. The first kappa shape index (κ1) is 15.7. The lowest BCUT2D eigenvalue weighted by Gasteiger charge is -2.10. The molecule has 1 N–H and O–H groups in total. The predicted octanol–water partition coefficient (Wildman–Crippen LogP) is 3.66. The molecule has 0 bridgehead atoms. The van der Waals surface area contributed by atoms with E-state index in [9.17, 15) is 9.18 Å². The topological polar surface area (TPSA) is 63.6 Å². The highest BCUT2D eigenvalue weighted by atomic mass is 35.5. The summed E-state index contributed by atoms with van der Waals surface area (Å²) < 4.78 is 12.9. The average molecular weight is 354 g/mol. The number of halogens is 3. The van der Waals surface area contributed by atoms with Gasteiger partial charge in [0.05, 0.1) is 15.8 Å². The number of oxime groups is 1. The minimum Gasteiger partial charge on any atom is -0.382 e. The van der Waals surface area contributed by atoms with Crippen molar-refractivity contribution >= 4 is 40.6 Å². The number of hydrogen-bond donors (Lipinski definition) is 1. The van der Waals surface area contributed by atoms with Gasteiger partial charge in [0.1, 0.15) is 5.82 Å². The van der Waals surface area contributed by atoms with Gasteiger partial charge in [-0.2, -0.15) is 0 Å². The van der Waals surface area contributed by atoms with E-state index in [0.717, 1.165) is 0 Å². The van der Waals surface area contributed by atoms with Crippen LogP contribution >= 0.6 is 23.2 Å². The molecule has 0 fully saturated rings. The monoisotopic (exact) mass is 353 g/mol. The average Bonchev–Trinajstić information content (AvgIpc) is 3.01. The zero-order chi connectivity index (χ0) is 16.4. The molecule has 23 heavy (non-hydrogen) atoms. The first-order chi connectivity index (χ1) is 11.0. The number of anilines is 1. The molecule has 8 heteroatoms. The summed E-state index contributed by atoms with van der Waals surface area (Å²) in [5, 5.41) is 7.03. The van der Waals surface area contributed by atoms with E-state index in [-0.39, 0.29) is 23.1 Å². The Hall–Kier alpha value is -2.18. The third kappa shape index (κ3) is 3.60. The maximum Gasteiger partial charge on any atom is 0.269 e. The van der Waals surface area contributed by atoms with Crippen LogP contribution in [0.4, 0.5) is 10.2 Å². The molecule has 2 aromatic rings. The third-order valence-electron chi connectivity index (χ3n) is 3.19. The van der Waals surface area contributed by atoms with Crippen molar-refractivity contribution in [3.05, 3.63) is 58.0 Å². The number of nitrogens with one attached hydrogen (secondary N) is 1. The molecule has 2 heterocycles. The molecule has 1 aromatic heterocycles. The van der Waals surface area contributed by atoms with Crippen LogP contribution in [0.5, 0.6) is 0 Å². The first-order valence-corrected chi connectivity index (χ1v) is 7.39. The molecular formula is C15H10Cl2FN3O2. The molecule has 1 atom stereocenters. The van der Waals surface area contributed by atoms with Crippen molar-refractivity contribution in [2.45, 2.75) is 12.5 Å². The molecule has 0 saturated carbocycles. The molecule has 1 unspecified atom stereocenters. The lowest BCUT2D eigenvalue weighted by Crippen LogP contribution is -2.28. The molecule has 0 saturated heterocycles. The number of rotatable bonds is 3. The van der Waals surface area contributed by atoms with Crippen LogP contribution in [0, 0.1) is 5.82 Å². The minimum atomic E-state index is -0.802. The quantitative estimate of drug-likeness (QED) is 0.915. The van der Waals surface area contributed by atoms with Crippen LogP contribution in [0.15, 0.2) is 41.7 Å². The van der Waals surface area contributed by atoms with Crippen molar-refractivity contribution < 1.29 is 14.0 Å². The lowest BCUT2D eigenvalue weighted by molar-refractivity contribution is -0.125. The number of benzene rings is 1. The van der Waals surface area contributed by atoms with E-state index < -0.39 is 12.0 Å². The van der Waals surface area contributed by atoms with Gasteiger partial charge in [-0.3, -0.25) is 4.79 Å². The fraction of sp³-hybridized carbons (Fsp3) is 0.133. The molecular weight excluding hydrogens is 344 g/mol. The Labute approximate surface area is 141 Å². The van der Waals surface area contributed by atoms with Gasteiger partial charge in [-0.1, -0.05) is 40.5 Å². The van der Waals surface area contributed by atoms with E-state index in [1.807, 2.05) is 0 Å². The van der Waals surface area contributed by atoms with Gasteiger partial charge < -0.3 is 10.2 Å². The van der Waals surface area contributed by atoms with Crippen LogP contribution in [-0.4, -0.2) is 22.7 Å². The number of aromatic nitrogens is 1. The van der Waals surface area contributed by atoms with Crippen LogP contribution in [0.2, 0.25) is 10.0 Å². The maximum absolute atomic E-state index is 12.9. The normalized spacial score (nSPS) is 16.7. The fourth-order valence-electron chi connectivity index (χ4n) is 2.03. The highest BCUT2D eigenvalue weighted by molar-refractivity contribution is 6.36. The second kappa shape index (κ2) is 6.52. The van der Waals surface area contributed by atoms with Crippen molar-refractivity contribution in [1.82, 2.24) is 4.98 Å². The van der Waals surface area contributed by atoms with Crippen LogP contribution < -0.4 is 5.32 Å². The number of amides is 1. The smallest absolute Gasteiger partial charge is 0.269 e. The van der Waals surface area contributed by atoms with Gasteiger partial charge in [-0.15, -0.1) is 0 Å². The number of nitrogens with zero attached hydrogens (tertiary/aromatic N) is 2. The summed E-state index contributed by atoms with van der Waals surface area (Å²) in [6.07, 6.45) is 0.838. The van der Waals surface area contributed by atoms with Gasteiger partial charge in [0.15, 0.2) is 5.82 Å². The SMILES string of the molecule is O=C(Nc1ncc(Cl)cc1Cl)C1CC(c2ccc(F)cc2)=NO1. The van der Waals surface area contributed by atoms with E-state index >= 15 is 0 Å². The minimum absolute atomic E-state index is 0.194. The second-order valence-electron chi connectivity index (χ2n) is 4.82. The Morgan fingerprint density at radius 3 is 2.74 bits per heavy atom.